The number of anilines is 1. The summed E-state index contributed by atoms with van der Waals surface area (Å²) in [4.78, 5) is 4.43. The highest BCUT2D eigenvalue weighted by atomic mass is 32.1. The van der Waals surface area contributed by atoms with Crippen LogP contribution in [0.4, 0.5) is 5.69 Å². The Hall–Kier alpha value is -1.35. The van der Waals surface area contributed by atoms with Gasteiger partial charge in [0.15, 0.2) is 5.11 Å². The van der Waals surface area contributed by atoms with Crippen molar-refractivity contribution < 1.29 is 0 Å². The second-order valence-corrected chi connectivity index (χ2v) is 4.77. The zero-order chi connectivity index (χ0) is 12.4. The molecular formula is C14H18N2S. The van der Waals surface area contributed by atoms with Crippen LogP contribution in [0.1, 0.15) is 11.1 Å². The summed E-state index contributed by atoms with van der Waals surface area (Å²) in [5.41, 5.74) is 3.84. The van der Waals surface area contributed by atoms with Crippen LogP contribution in [0.3, 0.4) is 0 Å². The second kappa shape index (κ2) is 4.88. The van der Waals surface area contributed by atoms with Gasteiger partial charge in [-0.2, -0.15) is 0 Å². The summed E-state index contributed by atoms with van der Waals surface area (Å²) in [5, 5.41) is 0.919. The van der Waals surface area contributed by atoms with Crippen molar-refractivity contribution in [3.05, 3.63) is 42.0 Å². The summed E-state index contributed by atoms with van der Waals surface area (Å²) >= 11 is 5.53. The van der Waals surface area contributed by atoms with Crippen molar-refractivity contribution in [1.29, 1.82) is 0 Å². The molecule has 0 amide bonds. The summed E-state index contributed by atoms with van der Waals surface area (Å²) in [6, 6.07) is 6.37. The summed E-state index contributed by atoms with van der Waals surface area (Å²) in [7, 11) is 0. The number of para-hydroxylation sites is 1. The molecule has 0 aromatic heterocycles. The van der Waals surface area contributed by atoms with Crippen molar-refractivity contribution in [2.75, 3.05) is 24.5 Å². The molecule has 0 bridgehead atoms. The predicted molar refractivity (Wildman–Crippen MR) is 77.6 cm³/mol. The Labute approximate surface area is 109 Å². The maximum atomic E-state index is 5.53. The standard InChI is InChI=1S/C14H18N2S/c1-4-8-15-9-10-16(14(15)17)13-11(2)6-5-7-12(13)3/h4-7H,1,8-10H2,2-3H3. The van der Waals surface area contributed by atoms with Gasteiger partial charge in [-0.3, -0.25) is 0 Å². The Morgan fingerprint density at radius 3 is 2.53 bits per heavy atom. The molecule has 1 aromatic rings. The van der Waals surface area contributed by atoms with Crippen LogP contribution in [0, 0.1) is 13.8 Å². The lowest BCUT2D eigenvalue weighted by molar-refractivity contribution is 0.521. The minimum Gasteiger partial charge on any atom is -0.343 e. The molecule has 1 heterocycles. The van der Waals surface area contributed by atoms with E-state index in [2.05, 4.69) is 48.4 Å². The van der Waals surface area contributed by atoms with Gasteiger partial charge in [0.1, 0.15) is 0 Å². The van der Waals surface area contributed by atoms with Crippen LogP contribution in [0.25, 0.3) is 0 Å². The fourth-order valence-electron chi connectivity index (χ4n) is 2.35. The summed E-state index contributed by atoms with van der Waals surface area (Å²) in [6.07, 6.45) is 1.90. The van der Waals surface area contributed by atoms with Crippen molar-refractivity contribution in [2.45, 2.75) is 13.8 Å². The molecule has 1 fully saturated rings. The lowest BCUT2D eigenvalue weighted by Crippen LogP contribution is -2.32. The molecule has 90 valence electrons. The molecule has 0 N–H and O–H groups in total. The van der Waals surface area contributed by atoms with Gasteiger partial charge < -0.3 is 9.80 Å². The van der Waals surface area contributed by atoms with Crippen molar-refractivity contribution in [2.24, 2.45) is 0 Å². The molecule has 2 rings (SSSR count). The van der Waals surface area contributed by atoms with Gasteiger partial charge in [0.25, 0.3) is 0 Å². The van der Waals surface area contributed by atoms with Crippen LogP contribution in [-0.4, -0.2) is 29.6 Å². The van der Waals surface area contributed by atoms with E-state index in [1.54, 1.807) is 0 Å². The van der Waals surface area contributed by atoms with E-state index in [0.717, 1.165) is 24.7 Å². The first-order chi connectivity index (χ1) is 8.15. The average molecular weight is 246 g/mol. The van der Waals surface area contributed by atoms with Crippen LogP contribution in [0.5, 0.6) is 0 Å². The number of benzene rings is 1. The normalized spacial score (nSPS) is 15.5. The SMILES string of the molecule is C=CCN1CCN(c2c(C)cccc2C)C1=S. The van der Waals surface area contributed by atoms with Crippen LogP contribution in [-0.2, 0) is 0 Å². The summed E-state index contributed by atoms with van der Waals surface area (Å²) in [5.74, 6) is 0. The van der Waals surface area contributed by atoms with E-state index in [-0.39, 0.29) is 0 Å². The fraction of sp³-hybridized carbons (Fsp3) is 0.357. The van der Waals surface area contributed by atoms with Crippen LogP contribution in [0.2, 0.25) is 0 Å². The molecule has 1 aliphatic rings. The first-order valence-corrected chi connectivity index (χ1v) is 6.29. The molecule has 0 saturated carbocycles. The molecule has 1 aromatic carbocycles. The van der Waals surface area contributed by atoms with E-state index < -0.39 is 0 Å². The quantitative estimate of drug-likeness (QED) is 0.598. The molecule has 1 aliphatic heterocycles. The van der Waals surface area contributed by atoms with Gasteiger partial charge in [-0.1, -0.05) is 24.3 Å². The Bertz CT molecular complexity index is 433. The van der Waals surface area contributed by atoms with E-state index in [1.165, 1.54) is 16.8 Å². The molecule has 17 heavy (non-hydrogen) atoms. The van der Waals surface area contributed by atoms with Gasteiger partial charge >= 0.3 is 0 Å². The first-order valence-electron chi connectivity index (χ1n) is 5.88. The van der Waals surface area contributed by atoms with E-state index in [1.807, 2.05) is 6.08 Å². The largest absolute Gasteiger partial charge is 0.343 e. The third kappa shape index (κ3) is 2.20. The molecule has 0 unspecified atom stereocenters. The molecule has 0 radical (unpaired) electrons. The lowest BCUT2D eigenvalue weighted by Gasteiger charge is -2.24. The maximum Gasteiger partial charge on any atom is 0.176 e. The Morgan fingerprint density at radius 1 is 1.29 bits per heavy atom. The number of rotatable bonds is 3. The molecule has 2 nitrogen and oxygen atoms in total. The van der Waals surface area contributed by atoms with Crippen LogP contribution in [0.15, 0.2) is 30.9 Å². The summed E-state index contributed by atoms with van der Waals surface area (Å²) < 4.78 is 0. The number of hydrogen-bond donors (Lipinski definition) is 0. The van der Waals surface area contributed by atoms with Gasteiger partial charge in [-0.15, -0.1) is 6.58 Å². The lowest BCUT2D eigenvalue weighted by atomic mass is 10.1. The van der Waals surface area contributed by atoms with Crippen LogP contribution < -0.4 is 4.90 Å². The highest BCUT2D eigenvalue weighted by Crippen LogP contribution is 2.27. The Morgan fingerprint density at radius 2 is 1.94 bits per heavy atom. The van der Waals surface area contributed by atoms with E-state index >= 15 is 0 Å². The minimum atomic E-state index is 0.834. The monoisotopic (exact) mass is 246 g/mol. The highest BCUT2D eigenvalue weighted by molar-refractivity contribution is 7.80. The van der Waals surface area contributed by atoms with Gasteiger partial charge in [0.2, 0.25) is 0 Å². The van der Waals surface area contributed by atoms with Gasteiger partial charge in [0.05, 0.1) is 0 Å². The zero-order valence-corrected chi connectivity index (χ0v) is 11.3. The average Bonchev–Trinajstić information content (AvgIpc) is 2.62. The third-order valence-electron chi connectivity index (χ3n) is 3.15. The van der Waals surface area contributed by atoms with E-state index in [4.69, 9.17) is 12.2 Å². The molecule has 3 heteroatoms. The predicted octanol–water partition coefficient (Wildman–Crippen LogP) is 2.90. The Kier molecular flexibility index (Phi) is 3.48. The maximum absolute atomic E-state index is 5.53. The third-order valence-corrected chi connectivity index (χ3v) is 3.63. The second-order valence-electron chi connectivity index (χ2n) is 4.41. The van der Waals surface area contributed by atoms with Crippen molar-refractivity contribution in [1.82, 2.24) is 4.90 Å². The Balaban J connectivity index is 2.30. The van der Waals surface area contributed by atoms with Crippen molar-refractivity contribution >= 4 is 23.0 Å². The molecule has 0 spiro atoms. The number of nitrogens with zero attached hydrogens (tertiary/aromatic N) is 2. The van der Waals surface area contributed by atoms with Gasteiger partial charge in [0, 0.05) is 25.3 Å². The molecular weight excluding hydrogens is 228 g/mol. The summed E-state index contributed by atoms with van der Waals surface area (Å²) in [6.45, 7) is 10.8. The van der Waals surface area contributed by atoms with E-state index in [9.17, 15) is 0 Å². The van der Waals surface area contributed by atoms with Crippen molar-refractivity contribution in [3.63, 3.8) is 0 Å². The van der Waals surface area contributed by atoms with E-state index in [0.29, 0.717) is 0 Å². The molecule has 0 atom stereocenters. The van der Waals surface area contributed by atoms with Crippen LogP contribution >= 0.6 is 12.2 Å². The molecule has 1 saturated heterocycles. The fourth-order valence-corrected chi connectivity index (χ4v) is 2.70. The topological polar surface area (TPSA) is 6.48 Å². The zero-order valence-electron chi connectivity index (χ0n) is 10.4. The molecule has 0 aliphatic carbocycles. The number of thiocarbonyl (C=S) groups is 1. The first kappa shape index (κ1) is 12.1. The smallest absolute Gasteiger partial charge is 0.176 e. The number of hydrogen-bond acceptors (Lipinski definition) is 1. The van der Waals surface area contributed by atoms with Gasteiger partial charge in [-0.05, 0) is 37.2 Å². The number of aryl methyl sites for hydroxylation is 2. The van der Waals surface area contributed by atoms with Gasteiger partial charge in [-0.25, -0.2) is 0 Å². The minimum absolute atomic E-state index is 0.834. The highest BCUT2D eigenvalue weighted by Gasteiger charge is 2.26. The van der Waals surface area contributed by atoms with Crippen molar-refractivity contribution in [3.8, 4) is 0 Å².